The predicted octanol–water partition coefficient (Wildman–Crippen LogP) is 1.54. The summed E-state index contributed by atoms with van der Waals surface area (Å²) in [5, 5.41) is 10.3. The lowest BCUT2D eigenvalue weighted by Crippen LogP contribution is -2.09. The van der Waals surface area contributed by atoms with Crippen LogP contribution < -0.4 is 0 Å². The zero-order chi connectivity index (χ0) is 15.2. The summed E-state index contributed by atoms with van der Waals surface area (Å²) >= 11 is 0. The lowest BCUT2D eigenvalue weighted by atomic mass is 10.2. The van der Waals surface area contributed by atoms with E-state index in [1.165, 1.54) is 37.4 Å². The Hall–Kier alpha value is -2.22. The summed E-state index contributed by atoms with van der Waals surface area (Å²) < 4.78 is 24.0. The van der Waals surface area contributed by atoms with Crippen LogP contribution in [0.15, 0.2) is 51.2 Å². The molecule has 0 fully saturated rings. The number of sulfone groups is 1. The van der Waals surface area contributed by atoms with Crippen molar-refractivity contribution in [3.05, 3.63) is 41.4 Å². The van der Waals surface area contributed by atoms with E-state index in [0.29, 0.717) is 6.41 Å². The molecule has 0 aliphatic heterocycles. The van der Waals surface area contributed by atoms with Crippen molar-refractivity contribution >= 4 is 16.2 Å². The fourth-order valence-electron chi connectivity index (χ4n) is 1.15. The van der Waals surface area contributed by atoms with Crippen molar-refractivity contribution in [3.8, 4) is 0 Å². The van der Waals surface area contributed by atoms with Gasteiger partial charge < -0.3 is 0 Å². The minimum atomic E-state index is -3.52. The summed E-state index contributed by atoms with van der Waals surface area (Å²) in [6.45, 7) is 1.88. The molecule has 0 saturated carbocycles. The molecule has 0 aliphatic carbocycles. The van der Waals surface area contributed by atoms with Crippen LogP contribution in [0.1, 0.15) is 5.56 Å². The molecule has 0 unspecified atom stereocenters. The van der Waals surface area contributed by atoms with Crippen LogP contribution in [0.3, 0.4) is 0 Å². The van der Waals surface area contributed by atoms with Gasteiger partial charge in [-0.15, -0.1) is 0 Å². The van der Waals surface area contributed by atoms with E-state index in [2.05, 4.69) is 10.4 Å². The Labute approximate surface area is 118 Å². The molecule has 1 aromatic carbocycles. The van der Waals surface area contributed by atoms with Crippen LogP contribution in [0.25, 0.3) is 0 Å². The van der Waals surface area contributed by atoms with E-state index in [4.69, 9.17) is 0 Å². The maximum absolute atomic E-state index is 12.0. The number of aryl methyl sites for hydroxylation is 1. The minimum Gasteiger partial charge on any atom is -0.277 e. The first kappa shape index (κ1) is 15.8. The van der Waals surface area contributed by atoms with E-state index in [9.17, 15) is 13.2 Å². The summed E-state index contributed by atoms with van der Waals surface area (Å²) in [4.78, 5) is 10.5. The summed E-state index contributed by atoms with van der Waals surface area (Å²) in [7, 11) is -0.606. The summed E-state index contributed by atoms with van der Waals surface area (Å²) in [5.41, 5.74) is 0.982. The largest absolute Gasteiger partial charge is 0.277 e. The predicted molar refractivity (Wildman–Crippen MR) is 74.0 cm³/mol. The normalized spacial score (nSPS) is 11.9. The van der Waals surface area contributed by atoms with Gasteiger partial charge in [-0.05, 0) is 29.5 Å². The molecule has 1 amide bonds. The Morgan fingerprint density at radius 2 is 1.60 bits per heavy atom. The smallest absolute Gasteiger partial charge is 0.231 e. The molecule has 0 atom stereocenters. The lowest BCUT2D eigenvalue weighted by Gasteiger charge is -2.06. The molecular weight excluding hydrogens is 280 g/mol. The summed E-state index contributed by atoms with van der Waals surface area (Å²) in [6.07, 6.45) is 1.72. The monoisotopic (exact) mass is 296 g/mol. The number of hydrogen-bond donors (Lipinski definition) is 0. The lowest BCUT2D eigenvalue weighted by molar-refractivity contribution is -0.117. The molecule has 108 valence electrons. The van der Waals surface area contributed by atoms with E-state index >= 15 is 0 Å². The Balaban J connectivity index is 2.80. The van der Waals surface area contributed by atoms with Crippen molar-refractivity contribution in [2.75, 3.05) is 14.1 Å². The van der Waals surface area contributed by atoms with E-state index < -0.39 is 9.84 Å². The molecule has 0 saturated heterocycles. The third-order valence-electron chi connectivity index (χ3n) is 2.28. The van der Waals surface area contributed by atoms with Crippen molar-refractivity contribution in [2.45, 2.75) is 11.8 Å². The highest BCUT2D eigenvalue weighted by Gasteiger charge is 2.09. The van der Waals surface area contributed by atoms with E-state index in [1.807, 2.05) is 6.92 Å². The molecule has 0 aliphatic rings. The molecule has 0 spiro atoms. The van der Waals surface area contributed by atoms with Gasteiger partial charge in [0.25, 0.3) is 0 Å². The molecule has 8 heteroatoms. The van der Waals surface area contributed by atoms with Gasteiger partial charge in [0.05, 0.1) is 10.3 Å². The standard InChI is InChI=1S/C12H16N4O3S/c1-11-4-6-12(7-5-11)20(18,19)9-8-15(2)13-14-16(3)10-17/h4-10H,1-3H3/b9-8+,14-13-. The van der Waals surface area contributed by atoms with Gasteiger partial charge in [-0.25, -0.2) is 13.4 Å². The third kappa shape index (κ3) is 4.81. The van der Waals surface area contributed by atoms with Crippen LogP contribution in [-0.4, -0.2) is 38.9 Å². The van der Waals surface area contributed by atoms with Crippen LogP contribution in [0.5, 0.6) is 0 Å². The second-order valence-corrected chi connectivity index (χ2v) is 5.91. The van der Waals surface area contributed by atoms with Crippen LogP contribution in [0.2, 0.25) is 0 Å². The molecule has 1 aromatic rings. The highest BCUT2D eigenvalue weighted by Crippen LogP contribution is 2.13. The van der Waals surface area contributed by atoms with Gasteiger partial charge in [-0.3, -0.25) is 9.80 Å². The van der Waals surface area contributed by atoms with E-state index in [1.54, 1.807) is 12.1 Å². The van der Waals surface area contributed by atoms with Crippen LogP contribution in [0, 0.1) is 6.92 Å². The molecule has 0 bridgehead atoms. The van der Waals surface area contributed by atoms with Crippen molar-refractivity contribution in [1.82, 2.24) is 10.0 Å². The molecule has 0 radical (unpaired) electrons. The topological polar surface area (TPSA) is 82.4 Å². The van der Waals surface area contributed by atoms with Crippen LogP contribution in [0.4, 0.5) is 0 Å². The number of carbonyl (C=O) groups excluding carboxylic acids is 1. The Bertz CT molecular complexity index is 608. The molecule has 0 aromatic heterocycles. The van der Waals surface area contributed by atoms with Crippen molar-refractivity contribution in [3.63, 3.8) is 0 Å². The van der Waals surface area contributed by atoms with E-state index in [0.717, 1.165) is 16.0 Å². The third-order valence-corrected chi connectivity index (χ3v) is 3.69. The highest BCUT2D eigenvalue weighted by molar-refractivity contribution is 7.94. The van der Waals surface area contributed by atoms with Gasteiger partial charge in [0.2, 0.25) is 16.2 Å². The van der Waals surface area contributed by atoms with Crippen molar-refractivity contribution in [2.24, 2.45) is 10.4 Å². The number of carbonyl (C=O) groups is 1. The van der Waals surface area contributed by atoms with Gasteiger partial charge in [-0.2, -0.15) is 0 Å². The maximum Gasteiger partial charge on any atom is 0.231 e. The van der Waals surface area contributed by atoms with Gasteiger partial charge in [-0.1, -0.05) is 17.7 Å². The first-order chi connectivity index (χ1) is 9.35. The minimum absolute atomic E-state index is 0.203. The summed E-state index contributed by atoms with van der Waals surface area (Å²) in [5.74, 6) is 0. The fraction of sp³-hybridized carbons (Fsp3) is 0.250. The van der Waals surface area contributed by atoms with Gasteiger partial charge >= 0.3 is 0 Å². The average molecular weight is 296 g/mol. The highest BCUT2D eigenvalue weighted by atomic mass is 32.2. The Kier molecular flexibility index (Phi) is 5.39. The molecule has 7 nitrogen and oxygen atoms in total. The van der Waals surface area contributed by atoms with Crippen LogP contribution in [-0.2, 0) is 14.6 Å². The summed E-state index contributed by atoms with van der Waals surface area (Å²) in [6, 6.07) is 6.53. The maximum atomic E-state index is 12.0. The number of rotatable bonds is 6. The first-order valence-electron chi connectivity index (χ1n) is 5.67. The molecule has 20 heavy (non-hydrogen) atoms. The molecule has 1 rings (SSSR count). The zero-order valence-corrected chi connectivity index (χ0v) is 12.3. The molecular formula is C12H16N4O3S. The second-order valence-electron chi connectivity index (χ2n) is 4.07. The second kappa shape index (κ2) is 6.80. The van der Waals surface area contributed by atoms with Gasteiger partial charge in [0.1, 0.15) is 0 Å². The number of nitrogens with zero attached hydrogens (tertiary/aromatic N) is 4. The number of amides is 1. The number of benzene rings is 1. The van der Waals surface area contributed by atoms with Gasteiger partial charge in [0, 0.05) is 20.3 Å². The van der Waals surface area contributed by atoms with Crippen LogP contribution >= 0.6 is 0 Å². The first-order valence-corrected chi connectivity index (χ1v) is 7.22. The number of hydrogen-bond acceptors (Lipinski definition) is 5. The van der Waals surface area contributed by atoms with Crippen molar-refractivity contribution < 1.29 is 13.2 Å². The van der Waals surface area contributed by atoms with Crippen molar-refractivity contribution in [1.29, 1.82) is 0 Å². The average Bonchev–Trinajstić information content (AvgIpc) is 2.43. The quantitative estimate of drug-likeness (QED) is 0.453. The Morgan fingerprint density at radius 1 is 1.05 bits per heavy atom. The van der Waals surface area contributed by atoms with E-state index in [-0.39, 0.29) is 4.90 Å². The zero-order valence-electron chi connectivity index (χ0n) is 11.5. The molecule has 0 heterocycles. The molecule has 0 N–H and O–H groups in total. The fourth-order valence-corrected chi connectivity index (χ4v) is 2.16. The SMILES string of the molecule is Cc1ccc(S(=O)(=O)/C=C/N(C)/N=N\N(C)C=O)cc1. The Morgan fingerprint density at radius 3 is 2.15 bits per heavy atom. The van der Waals surface area contributed by atoms with Gasteiger partial charge in [0.15, 0.2) is 0 Å².